The zero-order valence-electron chi connectivity index (χ0n) is 13.1. The van der Waals surface area contributed by atoms with Gasteiger partial charge in [0.1, 0.15) is 6.04 Å². The summed E-state index contributed by atoms with van der Waals surface area (Å²) >= 11 is 0. The molecule has 0 spiro atoms. The fraction of sp³-hybridized carbons (Fsp3) is 0.412. The summed E-state index contributed by atoms with van der Waals surface area (Å²) in [5.74, 6) is -1.65. The Kier molecular flexibility index (Phi) is 4.33. The second-order valence-electron chi connectivity index (χ2n) is 6.07. The molecule has 0 bridgehead atoms. The molecule has 7 nitrogen and oxygen atoms in total. The summed E-state index contributed by atoms with van der Waals surface area (Å²) in [6.45, 7) is 0.641. The minimum absolute atomic E-state index is 0.179. The number of carbonyl (C=O) groups excluding carboxylic acids is 3. The molecule has 0 radical (unpaired) electrons. The van der Waals surface area contributed by atoms with Gasteiger partial charge in [-0.1, -0.05) is 12.1 Å². The number of imide groups is 1. The molecule has 24 heavy (non-hydrogen) atoms. The van der Waals surface area contributed by atoms with E-state index in [1.165, 1.54) is 9.80 Å². The average molecular weight is 330 g/mol. The molecule has 0 unspecified atom stereocenters. The van der Waals surface area contributed by atoms with Gasteiger partial charge < -0.3 is 10.0 Å². The number of nitrogens with zero attached hydrogens (tertiary/aromatic N) is 2. The molecule has 1 aromatic rings. The third-order valence-electron chi connectivity index (χ3n) is 4.50. The molecule has 7 heteroatoms. The highest BCUT2D eigenvalue weighted by molar-refractivity contribution is 6.02. The molecule has 1 N–H and O–H groups in total. The topological polar surface area (TPSA) is 95.0 Å². The molecule has 126 valence electrons. The fourth-order valence-corrected chi connectivity index (χ4v) is 3.17. The van der Waals surface area contributed by atoms with Crippen LogP contribution >= 0.6 is 0 Å². The maximum atomic E-state index is 12.5. The molecule has 2 aliphatic rings. The minimum atomic E-state index is -0.983. The third kappa shape index (κ3) is 3.02. The third-order valence-corrected chi connectivity index (χ3v) is 4.50. The van der Waals surface area contributed by atoms with Gasteiger partial charge in [0.05, 0.1) is 6.54 Å². The van der Waals surface area contributed by atoms with E-state index in [9.17, 15) is 19.2 Å². The van der Waals surface area contributed by atoms with Gasteiger partial charge in [-0.3, -0.25) is 19.3 Å². The maximum Gasteiger partial charge on any atom is 0.326 e. The van der Waals surface area contributed by atoms with E-state index in [2.05, 4.69) is 0 Å². The highest BCUT2D eigenvalue weighted by Gasteiger charge is 2.34. The van der Waals surface area contributed by atoms with E-state index in [0.29, 0.717) is 24.9 Å². The number of carboxylic acid groups (broad SMARTS) is 1. The van der Waals surface area contributed by atoms with Crippen molar-refractivity contribution in [2.24, 2.45) is 0 Å². The molecule has 2 saturated heterocycles. The van der Waals surface area contributed by atoms with Gasteiger partial charge in [-0.15, -0.1) is 0 Å². The summed E-state index contributed by atoms with van der Waals surface area (Å²) in [6, 6.07) is 5.84. The summed E-state index contributed by atoms with van der Waals surface area (Å²) in [5.41, 5.74) is 1.16. The first-order valence-electron chi connectivity index (χ1n) is 7.93. The van der Waals surface area contributed by atoms with Crippen molar-refractivity contribution in [1.29, 1.82) is 0 Å². The van der Waals surface area contributed by atoms with Gasteiger partial charge in [0.25, 0.3) is 5.91 Å². The van der Waals surface area contributed by atoms with E-state index >= 15 is 0 Å². The van der Waals surface area contributed by atoms with E-state index in [1.807, 2.05) is 0 Å². The fourth-order valence-electron chi connectivity index (χ4n) is 3.17. The molecule has 0 aromatic heterocycles. The number of benzene rings is 1. The molecule has 3 rings (SSSR count). The van der Waals surface area contributed by atoms with Crippen molar-refractivity contribution in [2.75, 3.05) is 6.54 Å². The van der Waals surface area contributed by atoms with Crippen LogP contribution in [0.3, 0.4) is 0 Å². The van der Waals surface area contributed by atoms with Crippen LogP contribution in [-0.4, -0.2) is 51.2 Å². The Morgan fingerprint density at radius 3 is 2.29 bits per heavy atom. The number of hydrogen-bond acceptors (Lipinski definition) is 4. The molecule has 0 aliphatic carbocycles. The van der Waals surface area contributed by atoms with Crippen LogP contribution in [0.15, 0.2) is 24.3 Å². The molecular formula is C17H18N2O5. The van der Waals surface area contributed by atoms with E-state index in [-0.39, 0.29) is 37.1 Å². The van der Waals surface area contributed by atoms with E-state index in [0.717, 1.165) is 5.56 Å². The molecule has 1 atom stereocenters. The van der Waals surface area contributed by atoms with Crippen LogP contribution in [0.2, 0.25) is 0 Å². The molecule has 2 fully saturated rings. The van der Waals surface area contributed by atoms with Crippen molar-refractivity contribution in [2.45, 2.75) is 38.3 Å². The van der Waals surface area contributed by atoms with Crippen LogP contribution in [0, 0.1) is 0 Å². The van der Waals surface area contributed by atoms with Crippen LogP contribution < -0.4 is 0 Å². The van der Waals surface area contributed by atoms with Gasteiger partial charge in [0, 0.05) is 24.9 Å². The Bertz CT molecular complexity index is 681. The van der Waals surface area contributed by atoms with Gasteiger partial charge in [-0.05, 0) is 30.5 Å². The van der Waals surface area contributed by atoms with Gasteiger partial charge in [-0.25, -0.2) is 4.79 Å². The van der Waals surface area contributed by atoms with Crippen LogP contribution in [0.25, 0.3) is 0 Å². The lowest BCUT2D eigenvalue weighted by atomic mass is 10.1. The number of amides is 3. The lowest BCUT2D eigenvalue weighted by Crippen LogP contribution is -2.40. The van der Waals surface area contributed by atoms with Crippen LogP contribution in [0.1, 0.15) is 41.6 Å². The van der Waals surface area contributed by atoms with Gasteiger partial charge in [0.15, 0.2) is 0 Å². The SMILES string of the molecule is O=C(O)[C@H]1CCCN1C(=O)c1ccc(CN2C(=O)CCC2=O)cc1. The summed E-state index contributed by atoms with van der Waals surface area (Å²) in [5, 5.41) is 9.17. The molecule has 2 heterocycles. The van der Waals surface area contributed by atoms with Gasteiger partial charge in [0.2, 0.25) is 11.8 Å². The number of hydrogen-bond donors (Lipinski definition) is 1. The number of aliphatic carboxylic acids is 1. The molecule has 0 saturated carbocycles. The zero-order chi connectivity index (χ0) is 17.3. The second-order valence-corrected chi connectivity index (χ2v) is 6.07. The predicted molar refractivity (Wildman–Crippen MR) is 82.9 cm³/mol. The standard InChI is InChI=1S/C17H18N2O5/c20-14-7-8-15(21)19(14)10-11-3-5-12(6-4-11)16(22)18-9-1-2-13(18)17(23)24/h3-6,13H,1-2,7-10H2,(H,23,24)/t13-/m1/s1. The molecular weight excluding hydrogens is 312 g/mol. The van der Waals surface area contributed by atoms with E-state index < -0.39 is 12.0 Å². The Hall–Kier alpha value is -2.70. The Labute approximate surface area is 138 Å². The quantitative estimate of drug-likeness (QED) is 0.832. The Morgan fingerprint density at radius 1 is 1.08 bits per heavy atom. The van der Waals surface area contributed by atoms with Crippen molar-refractivity contribution in [1.82, 2.24) is 9.80 Å². The lowest BCUT2D eigenvalue weighted by Gasteiger charge is -2.21. The second kappa shape index (κ2) is 6.43. The number of likely N-dealkylation sites (tertiary alicyclic amines) is 2. The normalized spacial score (nSPS) is 20.8. The summed E-state index contributed by atoms with van der Waals surface area (Å²) in [7, 11) is 0. The van der Waals surface area contributed by atoms with Crippen LogP contribution in [-0.2, 0) is 20.9 Å². The lowest BCUT2D eigenvalue weighted by molar-refractivity contribution is -0.141. The number of carbonyl (C=O) groups is 4. The molecule has 2 aliphatic heterocycles. The van der Waals surface area contributed by atoms with Crippen molar-refractivity contribution in [3.05, 3.63) is 35.4 Å². The van der Waals surface area contributed by atoms with Gasteiger partial charge >= 0.3 is 5.97 Å². The molecule has 3 amide bonds. The Balaban J connectivity index is 1.70. The van der Waals surface area contributed by atoms with E-state index in [4.69, 9.17) is 5.11 Å². The number of carboxylic acids is 1. The average Bonchev–Trinajstić information content (AvgIpc) is 3.17. The highest BCUT2D eigenvalue weighted by atomic mass is 16.4. The van der Waals surface area contributed by atoms with Crippen LogP contribution in [0.4, 0.5) is 0 Å². The van der Waals surface area contributed by atoms with Crippen LogP contribution in [0.5, 0.6) is 0 Å². The predicted octanol–water partition coefficient (Wildman–Crippen LogP) is 1.02. The minimum Gasteiger partial charge on any atom is -0.480 e. The maximum absolute atomic E-state index is 12.5. The highest BCUT2D eigenvalue weighted by Crippen LogP contribution is 2.21. The first kappa shape index (κ1) is 16.2. The first-order chi connectivity index (χ1) is 11.5. The Morgan fingerprint density at radius 2 is 1.71 bits per heavy atom. The smallest absolute Gasteiger partial charge is 0.326 e. The molecule has 1 aromatic carbocycles. The summed E-state index contributed by atoms with van der Waals surface area (Å²) in [4.78, 5) is 49.5. The van der Waals surface area contributed by atoms with Crippen molar-refractivity contribution in [3.63, 3.8) is 0 Å². The number of rotatable bonds is 4. The van der Waals surface area contributed by atoms with E-state index in [1.54, 1.807) is 24.3 Å². The van der Waals surface area contributed by atoms with Gasteiger partial charge in [-0.2, -0.15) is 0 Å². The van der Waals surface area contributed by atoms with Crippen molar-refractivity contribution < 1.29 is 24.3 Å². The van der Waals surface area contributed by atoms with Crippen molar-refractivity contribution in [3.8, 4) is 0 Å². The monoisotopic (exact) mass is 330 g/mol. The largest absolute Gasteiger partial charge is 0.480 e. The van der Waals surface area contributed by atoms with Crippen molar-refractivity contribution >= 4 is 23.7 Å². The first-order valence-corrected chi connectivity index (χ1v) is 7.93. The zero-order valence-corrected chi connectivity index (χ0v) is 13.1. The summed E-state index contributed by atoms with van der Waals surface area (Å²) in [6.07, 6.45) is 1.65. The summed E-state index contributed by atoms with van der Waals surface area (Å²) < 4.78 is 0.